The number of rotatable bonds is 3. The molecule has 7 heteroatoms. The number of aromatic nitrogens is 3. The third kappa shape index (κ3) is 2.60. The van der Waals surface area contributed by atoms with Gasteiger partial charge >= 0.3 is 0 Å². The molecule has 0 radical (unpaired) electrons. The number of thiazole rings is 1. The van der Waals surface area contributed by atoms with Crippen molar-refractivity contribution in [2.24, 2.45) is 0 Å². The standard InChI is InChI=1S/C17H15FN4OS/c18-12-4-1-2-6-16(12)22-15-7-3-5-13(11(15)8-20-22)21-17(23)14-9-24-10-19-14/h1-2,4,6,8-10,13H,3,5,7H2,(H,21,23). The lowest BCUT2D eigenvalue weighted by molar-refractivity contribution is 0.0928. The zero-order valence-corrected chi connectivity index (χ0v) is 13.6. The molecule has 1 aliphatic carbocycles. The fourth-order valence-corrected chi connectivity index (χ4v) is 3.63. The van der Waals surface area contributed by atoms with Gasteiger partial charge in [0.25, 0.3) is 5.91 Å². The predicted molar refractivity (Wildman–Crippen MR) is 88.8 cm³/mol. The molecule has 0 spiro atoms. The molecule has 3 aromatic rings. The first-order chi connectivity index (χ1) is 11.7. The Balaban J connectivity index is 1.65. The van der Waals surface area contributed by atoms with E-state index in [-0.39, 0.29) is 17.8 Å². The molecule has 0 saturated carbocycles. The average molecular weight is 342 g/mol. The molecule has 4 rings (SSSR count). The number of para-hydroxylation sites is 1. The summed E-state index contributed by atoms with van der Waals surface area (Å²) in [6, 6.07) is 6.46. The summed E-state index contributed by atoms with van der Waals surface area (Å²) in [7, 11) is 0. The topological polar surface area (TPSA) is 59.8 Å². The van der Waals surface area contributed by atoms with Gasteiger partial charge in [0.2, 0.25) is 0 Å². The minimum Gasteiger partial charge on any atom is -0.344 e. The second-order valence-corrected chi connectivity index (χ2v) is 6.42. The summed E-state index contributed by atoms with van der Waals surface area (Å²) in [5.41, 5.74) is 4.40. The lowest BCUT2D eigenvalue weighted by Crippen LogP contribution is -2.31. The van der Waals surface area contributed by atoms with E-state index in [1.54, 1.807) is 40.0 Å². The highest BCUT2D eigenvalue weighted by Crippen LogP contribution is 2.31. The zero-order chi connectivity index (χ0) is 16.5. The molecular weight excluding hydrogens is 327 g/mol. The van der Waals surface area contributed by atoms with Crippen LogP contribution in [0.1, 0.15) is 40.6 Å². The van der Waals surface area contributed by atoms with Gasteiger partial charge < -0.3 is 5.32 Å². The molecule has 1 aromatic carbocycles. The van der Waals surface area contributed by atoms with E-state index in [1.165, 1.54) is 17.4 Å². The van der Waals surface area contributed by atoms with Crippen molar-refractivity contribution in [1.82, 2.24) is 20.1 Å². The number of halogens is 1. The first-order valence-corrected chi connectivity index (χ1v) is 8.69. The summed E-state index contributed by atoms with van der Waals surface area (Å²) in [6.07, 6.45) is 4.29. The van der Waals surface area contributed by atoms with Crippen molar-refractivity contribution in [3.05, 3.63) is 64.1 Å². The van der Waals surface area contributed by atoms with Gasteiger partial charge in [-0.3, -0.25) is 4.79 Å². The van der Waals surface area contributed by atoms with Gasteiger partial charge in [0.1, 0.15) is 17.2 Å². The largest absolute Gasteiger partial charge is 0.344 e. The second kappa shape index (κ2) is 6.16. The van der Waals surface area contributed by atoms with Crippen molar-refractivity contribution in [3.63, 3.8) is 0 Å². The van der Waals surface area contributed by atoms with E-state index < -0.39 is 0 Å². The molecule has 0 aliphatic heterocycles. The number of hydrogen-bond acceptors (Lipinski definition) is 4. The number of amides is 1. The Morgan fingerprint density at radius 2 is 2.25 bits per heavy atom. The van der Waals surface area contributed by atoms with Gasteiger partial charge in [-0.15, -0.1) is 11.3 Å². The maximum absolute atomic E-state index is 14.1. The molecule has 122 valence electrons. The monoisotopic (exact) mass is 342 g/mol. The third-order valence-corrected chi connectivity index (χ3v) is 4.82. The number of benzene rings is 1. The Morgan fingerprint density at radius 1 is 1.38 bits per heavy atom. The van der Waals surface area contributed by atoms with Crippen molar-refractivity contribution >= 4 is 17.2 Å². The van der Waals surface area contributed by atoms with Crippen molar-refractivity contribution in [2.75, 3.05) is 0 Å². The molecule has 2 heterocycles. The van der Waals surface area contributed by atoms with Crippen molar-refractivity contribution in [1.29, 1.82) is 0 Å². The fraction of sp³-hybridized carbons (Fsp3) is 0.235. The van der Waals surface area contributed by atoms with Crippen LogP contribution in [0.25, 0.3) is 5.69 Å². The van der Waals surface area contributed by atoms with E-state index in [9.17, 15) is 9.18 Å². The molecule has 1 unspecified atom stereocenters. The SMILES string of the molecule is O=C(NC1CCCc2c1cnn2-c1ccccc1F)c1cscn1. The Kier molecular flexibility index (Phi) is 3.86. The van der Waals surface area contributed by atoms with Crippen LogP contribution in [0.15, 0.2) is 41.4 Å². The van der Waals surface area contributed by atoms with Crippen LogP contribution in [0, 0.1) is 5.82 Å². The number of nitrogens with one attached hydrogen (secondary N) is 1. The smallest absolute Gasteiger partial charge is 0.271 e. The Labute approximate surface area is 142 Å². The second-order valence-electron chi connectivity index (χ2n) is 5.70. The van der Waals surface area contributed by atoms with Crippen LogP contribution < -0.4 is 5.32 Å². The summed E-state index contributed by atoms with van der Waals surface area (Å²) in [5, 5.41) is 9.10. The number of carbonyl (C=O) groups excluding carboxylic acids is 1. The lowest BCUT2D eigenvalue weighted by atomic mass is 9.92. The number of fused-ring (bicyclic) bond motifs is 1. The summed E-state index contributed by atoms with van der Waals surface area (Å²) in [6.45, 7) is 0. The van der Waals surface area contributed by atoms with Crippen LogP contribution in [0.4, 0.5) is 4.39 Å². The van der Waals surface area contributed by atoms with Crippen molar-refractivity contribution in [3.8, 4) is 5.69 Å². The number of hydrogen-bond donors (Lipinski definition) is 1. The quantitative estimate of drug-likeness (QED) is 0.795. The lowest BCUT2D eigenvalue weighted by Gasteiger charge is -2.24. The third-order valence-electron chi connectivity index (χ3n) is 4.23. The molecule has 0 saturated heterocycles. The highest BCUT2D eigenvalue weighted by Gasteiger charge is 2.27. The molecule has 5 nitrogen and oxygen atoms in total. The van der Waals surface area contributed by atoms with Crippen molar-refractivity contribution in [2.45, 2.75) is 25.3 Å². The van der Waals surface area contributed by atoms with Crippen LogP contribution in [-0.4, -0.2) is 20.7 Å². The van der Waals surface area contributed by atoms with E-state index >= 15 is 0 Å². The van der Waals surface area contributed by atoms with E-state index in [0.717, 1.165) is 30.5 Å². The van der Waals surface area contributed by atoms with Gasteiger partial charge in [0.05, 0.1) is 17.7 Å². The van der Waals surface area contributed by atoms with E-state index in [4.69, 9.17) is 0 Å². The van der Waals surface area contributed by atoms with E-state index in [2.05, 4.69) is 15.4 Å². The maximum Gasteiger partial charge on any atom is 0.271 e. The van der Waals surface area contributed by atoms with Crippen LogP contribution in [-0.2, 0) is 6.42 Å². The van der Waals surface area contributed by atoms with Gasteiger partial charge in [-0.2, -0.15) is 5.10 Å². The Bertz CT molecular complexity index is 875. The first-order valence-electron chi connectivity index (χ1n) is 7.75. The van der Waals surface area contributed by atoms with Crippen LogP contribution in [0.5, 0.6) is 0 Å². The van der Waals surface area contributed by atoms with Gasteiger partial charge in [-0.25, -0.2) is 14.1 Å². The highest BCUT2D eigenvalue weighted by atomic mass is 32.1. The number of nitrogens with zero attached hydrogens (tertiary/aromatic N) is 3. The molecule has 1 aliphatic rings. The minimum atomic E-state index is -0.308. The first kappa shape index (κ1) is 15.0. The molecule has 1 N–H and O–H groups in total. The van der Waals surface area contributed by atoms with E-state index in [1.807, 2.05) is 0 Å². The fourth-order valence-electron chi connectivity index (χ4n) is 3.09. The average Bonchev–Trinajstić information content (AvgIpc) is 3.26. The van der Waals surface area contributed by atoms with Crippen LogP contribution in [0.3, 0.4) is 0 Å². The summed E-state index contributed by atoms with van der Waals surface area (Å²) in [5.74, 6) is -0.496. The summed E-state index contributed by atoms with van der Waals surface area (Å²) >= 11 is 1.39. The normalized spacial score (nSPS) is 16.6. The van der Waals surface area contributed by atoms with Gasteiger partial charge in [-0.1, -0.05) is 12.1 Å². The molecule has 0 fully saturated rings. The molecular formula is C17H15FN4OS. The number of carbonyl (C=O) groups is 1. The molecule has 24 heavy (non-hydrogen) atoms. The molecule has 1 amide bonds. The molecule has 0 bridgehead atoms. The maximum atomic E-state index is 14.1. The van der Waals surface area contributed by atoms with E-state index in [0.29, 0.717) is 11.4 Å². The van der Waals surface area contributed by atoms with Gasteiger partial charge in [-0.05, 0) is 31.4 Å². The van der Waals surface area contributed by atoms with Crippen LogP contribution >= 0.6 is 11.3 Å². The minimum absolute atomic E-state index is 0.122. The summed E-state index contributed by atoms with van der Waals surface area (Å²) < 4.78 is 15.7. The molecule has 1 atom stereocenters. The predicted octanol–water partition coefficient (Wildman–Crippen LogP) is 3.28. The van der Waals surface area contributed by atoms with Crippen LogP contribution in [0.2, 0.25) is 0 Å². The Hall–Kier alpha value is -2.54. The van der Waals surface area contributed by atoms with Gasteiger partial charge in [0.15, 0.2) is 0 Å². The summed E-state index contributed by atoms with van der Waals surface area (Å²) in [4.78, 5) is 16.3. The van der Waals surface area contributed by atoms with Crippen molar-refractivity contribution < 1.29 is 9.18 Å². The molecule has 2 aromatic heterocycles. The highest BCUT2D eigenvalue weighted by molar-refractivity contribution is 7.07. The Morgan fingerprint density at radius 3 is 3.04 bits per heavy atom. The zero-order valence-electron chi connectivity index (χ0n) is 12.8. The van der Waals surface area contributed by atoms with Gasteiger partial charge in [0, 0.05) is 16.6 Å².